The Kier molecular flexibility index (Phi) is 6.96. The van der Waals surface area contributed by atoms with Crippen molar-refractivity contribution in [3.05, 3.63) is 59.7 Å². The highest BCUT2D eigenvalue weighted by Crippen LogP contribution is 2.19. The van der Waals surface area contributed by atoms with E-state index in [4.69, 9.17) is 9.84 Å². The average Bonchev–Trinajstić information content (AvgIpc) is 2.65. The first kappa shape index (κ1) is 20.5. The zero-order valence-electron chi connectivity index (χ0n) is 15.9. The number of methoxy groups -OCH3 is 1. The van der Waals surface area contributed by atoms with Gasteiger partial charge >= 0.3 is 5.97 Å². The summed E-state index contributed by atoms with van der Waals surface area (Å²) in [5.41, 5.74) is 1.52. The van der Waals surface area contributed by atoms with Crippen LogP contribution in [0.4, 0.5) is 5.69 Å². The molecule has 2 rings (SSSR count). The van der Waals surface area contributed by atoms with Crippen molar-refractivity contribution >= 4 is 17.6 Å². The monoisotopic (exact) mass is 370 g/mol. The molecular weight excluding hydrogens is 344 g/mol. The maximum absolute atomic E-state index is 12.3. The van der Waals surface area contributed by atoms with Crippen molar-refractivity contribution in [2.75, 3.05) is 19.0 Å². The third-order valence-corrected chi connectivity index (χ3v) is 4.37. The Morgan fingerprint density at radius 3 is 2.44 bits per heavy atom. The summed E-state index contributed by atoms with van der Waals surface area (Å²) in [6.45, 7) is 4.63. The molecule has 0 aliphatic rings. The number of carbonyl (C=O) groups is 2. The van der Waals surface area contributed by atoms with Crippen LogP contribution in [-0.2, 0) is 11.3 Å². The number of carboxylic acid groups (broad SMARTS) is 1. The van der Waals surface area contributed by atoms with Gasteiger partial charge in [-0.15, -0.1) is 0 Å². The van der Waals surface area contributed by atoms with Crippen LogP contribution in [0.25, 0.3) is 0 Å². The molecule has 0 unspecified atom stereocenters. The van der Waals surface area contributed by atoms with Crippen LogP contribution in [0.1, 0.15) is 36.2 Å². The quantitative estimate of drug-likeness (QED) is 0.588. The first-order chi connectivity index (χ1) is 12.8. The van der Waals surface area contributed by atoms with Crippen LogP contribution in [0.2, 0.25) is 0 Å². The molecule has 0 spiro atoms. The van der Waals surface area contributed by atoms with Crippen molar-refractivity contribution in [3.63, 3.8) is 0 Å². The van der Waals surface area contributed by atoms with Crippen molar-refractivity contribution in [2.45, 2.75) is 26.8 Å². The lowest BCUT2D eigenvalue weighted by Gasteiger charge is -2.19. The molecule has 0 aliphatic heterocycles. The van der Waals surface area contributed by atoms with E-state index in [1.165, 1.54) is 0 Å². The van der Waals surface area contributed by atoms with Gasteiger partial charge < -0.3 is 20.5 Å². The number of carbonyl (C=O) groups excluding carboxylic acids is 1. The molecule has 0 bridgehead atoms. The van der Waals surface area contributed by atoms with E-state index in [0.717, 1.165) is 5.56 Å². The number of hydrogen-bond acceptors (Lipinski definition) is 4. The number of anilines is 1. The summed E-state index contributed by atoms with van der Waals surface area (Å²) in [5.74, 6) is -0.288. The summed E-state index contributed by atoms with van der Waals surface area (Å²) >= 11 is 0. The average molecular weight is 370 g/mol. The minimum absolute atomic E-state index is 0.189. The lowest BCUT2D eigenvalue weighted by molar-refractivity contribution is -0.147. The summed E-state index contributed by atoms with van der Waals surface area (Å²) in [6, 6.07) is 14.5. The summed E-state index contributed by atoms with van der Waals surface area (Å²) in [4.78, 5) is 23.4. The van der Waals surface area contributed by atoms with Gasteiger partial charge in [0.05, 0.1) is 12.5 Å². The molecule has 0 atom stereocenters. The summed E-state index contributed by atoms with van der Waals surface area (Å²) < 4.78 is 5.09. The van der Waals surface area contributed by atoms with E-state index in [9.17, 15) is 9.59 Å². The molecule has 6 heteroatoms. The van der Waals surface area contributed by atoms with Gasteiger partial charge in [0, 0.05) is 17.8 Å². The molecule has 0 heterocycles. The summed E-state index contributed by atoms with van der Waals surface area (Å²) in [5, 5.41) is 15.3. The summed E-state index contributed by atoms with van der Waals surface area (Å²) in [6.07, 6.45) is 0.538. The fraction of sp³-hybridized carbons (Fsp3) is 0.333. The normalized spacial score (nSPS) is 11.1. The second-order valence-corrected chi connectivity index (χ2v) is 7.00. The third kappa shape index (κ3) is 6.11. The number of carboxylic acids is 1. The predicted octanol–water partition coefficient (Wildman–Crippen LogP) is 3.54. The molecule has 144 valence electrons. The highest BCUT2D eigenvalue weighted by atomic mass is 16.5. The van der Waals surface area contributed by atoms with E-state index in [2.05, 4.69) is 10.6 Å². The van der Waals surface area contributed by atoms with Crippen LogP contribution in [0.15, 0.2) is 48.5 Å². The molecule has 1 amide bonds. The number of amides is 1. The molecule has 0 saturated heterocycles. The fourth-order valence-corrected chi connectivity index (χ4v) is 2.45. The highest BCUT2D eigenvalue weighted by Gasteiger charge is 2.26. The molecular formula is C21H26N2O4. The Morgan fingerprint density at radius 1 is 1.11 bits per heavy atom. The van der Waals surface area contributed by atoms with Crippen LogP contribution in [-0.4, -0.2) is 30.6 Å². The molecule has 0 aromatic heterocycles. The predicted molar refractivity (Wildman–Crippen MR) is 105 cm³/mol. The highest BCUT2D eigenvalue weighted by molar-refractivity contribution is 6.04. The number of hydrogen-bond donors (Lipinski definition) is 3. The molecule has 27 heavy (non-hydrogen) atoms. The Balaban J connectivity index is 1.89. The topological polar surface area (TPSA) is 87.7 Å². The fourth-order valence-electron chi connectivity index (χ4n) is 2.45. The minimum Gasteiger partial charge on any atom is -0.497 e. The molecule has 6 nitrogen and oxygen atoms in total. The maximum atomic E-state index is 12.3. The molecule has 2 aromatic rings. The van der Waals surface area contributed by atoms with Crippen LogP contribution >= 0.6 is 0 Å². The second kappa shape index (κ2) is 9.19. The number of rotatable bonds is 9. The van der Waals surface area contributed by atoms with Gasteiger partial charge in [0.25, 0.3) is 5.91 Å². The summed E-state index contributed by atoms with van der Waals surface area (Å²) in [7, 11) is 1.58. The van der Waals surface area contributed by atoms with E-state index in [1.807, 2.05) is 24.3 Å². The Bertz CT molecular complexity index is 785. The Morgan fingerprint density at radius 2 is 1.81 bits per heavy atom. The van der Waals surface area contributed by atoms with Crippen molar-refractivity contribution < 1.29 is 19.4 Å². The van der Waals surface area contributed by atoms with Gasteiger partial charge in [0.15, 0.2) is 0 Å². The first-order valence-corrected chi connectivity index (χ1v) is 8.80. The van der Waals surface area contributed by atoms with E-state index in [-0.39, 0.29) is 5.91 Å². The van der Waals surface area contributed by atoms with Crippen molar-refractivity contribution in [2.24, 2.45) is 5.41 Å². The van der Waals surface area contributed by atoms with Gasteiger partial charge in [-0.1, -0.05) is 12.1 Å². The van der Waals surface area contributed by atoms with Gasteiger partial charge in [-0.2, -0.15) is 0 Å². The molecule has 0 fully saturated rings. The second-order valence-electron chi connectivity index (χ2n) is 7.00. The molecule has 3 N–H and O–H groups in total. The van der Waals surface area contributed by atoms with Gasteiger partial charge in [-0.05, 0) is 68.8 Å². The zero-order chi connectivity index (χ0) is 19.9. The number of nitrogens with one attached hydrogen (secondary N) is 2. The largest absolute Gasteiger partial charge is 0.497 e. The molecule has 0 aliphatic carbocycles. The molecule has 0 radical (unpaired) electrons. The van der Waals surface area contributed by atoms with Crippen LogP contribution < -0.4 is 15.4 Å². The first-order valence-electron chi connectivity index (χ1n) is 8.80. The van der Waals surface area contributed by atoms with Crippen molar-refractivity contribution in [1.82, 2.24) is 5.32 Å². The van der Waals surface area contributed by atoms with E-state index in [0.29, 0.717) is 36.5 Å². The SMILES string of the molecule is COc1ccc(C(=O)Nc2cccc(CNCCC(C)(C)C(=O)O)c2)cc1. The van der Waals surface area contributed by atoms with E-state index < -0.39 is 11.4 Å². The van der Waals surface area contributed by atoms with Crippen LogP contribution in [0.5, 0.6) is 5.75 Å². The van der Waals surface area contributed by atoms with Gasteiger partial charge in [0.2, 0.25) is 0 Å². The number of ether oxygens (including phenoxy) is 1. The zero-order valence-corrected chi connectivity index (χ0v) is 15.9. The van der Waals surface area contributed by atoms with Crippen molar-refractivity contribution in [1.29, 1.82) is 0 Å². The van der Waals surface area contributed by atoms with Gasteiger partial charge in [-0.3, -0.25) is 9.59 Å². The number of benzene rings is 2. The van der Waals surface area contributed by atoms with Crippen molar-refractivity contribution in [3.8, 4) is 5.75 Å². The smallest absolute Gasteiger partial charge is 0.309 e. The Labute approximate surface area is 159 Å². The third-order valence-electron chi connectivity index (χ3n) is 4.37. The lowest BCUT2D eigenvalue weighted by Crippen LogP contribution is -2.28. The minimum atomic E-state index is -0.799. The van der Waals surface area contributed by atoms with E-state index >= 15 is 0 Å². The number of aliphatic carboxylic acids is 1. The standard InChI is InChI=1S/C21H26N2O4/c1-21(2,20(25)26)11-12-22-14-15-5-4-6-17(13-15)23-19(24)16-7-9-18(27-3)10-8-16/h4-10,13,22H,11-12,14H2,1-3H3,(H,23,24)(H,25,26). The van der Waals surface area contributed by atoms with Gasteiger partial charge in [-0.25, -0.2) is 0 Å². The van der Waals surface area contributed by atoms with E-state index in [1.54, 1.807) is 45.2 Å². The van der Waals surface area contributed by atoms with Crippen LogP contribution in [0, 0.1) is 5.41 Å². The van der Waals surface area contributed by atoms with Gasteiger partial charge in [0.1, 0.15) is 5.75 Å². The van der Waals surface area contributed by atoms with Crippen LogP contribution in [0.3, 0.4) is 0 Å². The lowest BCUT2D eigenvalue weighted by atomic mass is 9.90. The maximum Gasteiger partial charge on any atom is 0.309 e. The molecule has 0 saturated carbocycles. The molecule has 2 aromatic carbocycles. The Hall–Kier alpha value is -2.86.